The highest BCUT2D eigenvalue weighted by Gasteiger charge is 2.47. The number of ether oxygens (including phenoxy) is 3. The third-order valence-corrected chi connectivity index (χ3v) is 10.2. The molecule has 1 spiro atoms. The lowest BCUT2D eigenvalue weighted by Gasteiger charge is -2.42. The minimum Gasteiger partial charge on any atom is -0.486 e. The van der Waals surface area contributed by atoms with E-state index >= 15 is 0 Å². The summed E-state index contributed by atoms with van der Waals surface area (Å²) in [5.41, 5.74) is 9.67. The predicted molar refractivity (Wildman–Crippen MR) is 158 cm³/mol. The first kappa shape index (κ1) is 27.8. The lowest BCUT2D eigenvalue weighted by Crippen LogP contribution is -2.45. The van der Waals surface area contributed by atoms with Crippen LogP contribution >= 0.6 is 11.8 Å². The van der Waals surface area contributed by atoms with Crippen molar-refractivity contribution in [3.8, 4) is 5.75 Å². The van der Waals surface area contributed by atoms with Gasteiger partial charge in [0.1, 0.15) is 24.1 Å². The van der Waals surface area contributed by atoms with Gasteiger partial charge in [-0.15, -0.1) is 0 Å². The Balaban J connectivity index is 1.04. The maximum Gasteiger partial charge on any atom is 0.175 e. The molecule has 3 N–H and O–H groups in total. The average Bonchev–Trinajstić information content (AvgIpc) is 3.56. The first-order valence-corrected chi connectivity index (χ1v) is 15.4. The van der Waals surface area contributed by atoms with Crippen molar-refractivity contribution in [2.75, 3.05) is 56.6 Å². The minimum atomic E-state index is -0.180. The summed E-state index contributed by atoms with van der Waals surface area (Å²) in [7, 11) is 1.64. The molecule has 11 nitrogen and oxygen atoms in total. The number of rotatable bonds is 8. The van der Waals surface area contributed by atoms with Crippen LogP contribution in [0.2, 0.25) is 0 Å². The molecule has 3 aromatic heterocycles. The normalized spacial score (nSPS) is 23.9. The number of anilines is 2. The molecule has 0 amide bonds. The number of methoxy groups -OCH3 is 1. The van der Waals surface area contributed by atoms with Crippen molar-refractivity contribution < 1.29 is 19.3 Å². The summed E-state index contributed by atoms with van der Waals surface area (Å²) in [5.74, 6) is 2.79. The Bertz CT molecular complexity index is 1440. The van der Waals surface area contributed by atoms with Gasteiger partial charge in [-0.05, 0) is 48.8 Å². The summed E-state index contributed by atoms with van der Waals surface area (Å²) in [4.78, 5) is 24.4. The molecule has 6 heterocycles. The number of nitrogens with two attached hydrogens (primary N) is 1. The van der Waals surface area contributed by atoms with Crippen LogP contribution in [-0.2, 0) is 22.5 Å². The van der Waals surface area contributed by atoms with Gasteiger partial charge in [-0.25, -0.2) is 15.0 Å². The second kappa shape index (κ2) is 11.6. The zero-order valence-corrected chi connectivity index (χ0v) is 24.6. The van der Waals surface area contributed by atoms with Crippen LogP contribution in [0.25, 0.3) is 0 Å². The zero-order valence-electron chi connectivity index (χ0n) is 23.8. The van der Waals surface area contributed by atoms with Gasteiger partial charge in [0.2, 0.25) is 0 Å². The van der Waals surface area contributed by atoms with Gasteiger partial charge in [-0.3, -0.25) is 4.98 Å². The molecule has 3 aromatic rings. The molecule has 0 bridgehead atoms. The molecule has 2 saturated heterocycles. The van der Waals surface area contributed by atoms with Crippen LogP contribution < -0.4 is 20.3 Å². The second-order valence-electron chi connectivity index (χ2n) is 11.7. The van der Waals surface area contributed by atoms with Crippen LogP contribution in [0.4, 0.5) is 11.6 Å². The van der Waals surface area contributed by atoms with Gasteiger partial charge >= 0.3 is 0 Å². The molecule has 3 aliphatic heterocycles. The molecule has 12 heteroatoms. The molecular weight excluding hydrogens is 554 g/mol. The molecule has 0 radical (unpaired) electrons. The number of fused-ring (bicyclic) bond motifs is 4. The Morgan fingerprint density at radius 2 is 2.05 bits per heavy atom. The molecule has 0 aromatic carbocycles. The maximum atomic E-state index is 10.3. The van der Waals surface area contributed by atoms with Crippen molar-refractivity contribution in [3.63, 3.8) is 0 Å². The van der Waals surface area contributed by atoms with E-state index in [2.05, 4.69) is 25.8 Å². The highest BCUT2D eigenvalue weighted by atomic mass is 32.2. The number of hydrogen-bond acceptors (Lipinski definition) is 12. The van der Waals surface area contributed by atoms with Gasteiger partial charge in [0.05, 0.1) is 30.3 Å². The molecule has 1 aliphatic carbocycles. The smallest absolute Gasteiger partial charge is 0.175 e. The molecular formula is C30H37N7O4S. The second-order valence-corrected chi connectivity index (χ2v) is 12.8. The van der Waals surface area contributed by atoms with Crippen LogP contribution in [0.5, 0.6) is 5.75 Å². The van der Waals surface area contributed by atoms with E-state index in [0.717, 1.165) is 73.3 Å². The lowest BCUT2D eigenvalue weighted by molar-refractivity contribution is -0.0414. The summed E-state index contributed by atoms with van der Waals surface area (Å²) in [6.45, 7) is 3.90. The highest BCUT2D eigenvalue weighted by Crippen LogP contribution is 2.50. The Kier molecular flexibility index (Phi) is 7.65. The lowest BCUT2D eigenvalue weighted by atomic mass is 9.73. The number of piperidine rings is 1. The number of aliphatic hydroxyl groups is 1. The fourth-order valence-electron chi connectivity index (χ4n) is 7.11. The Hall–Kier alpha value is -3.03. The third-order valence-electron chi connectivity index (χ3n) is 9.26. The minimum absolute atomic E-state index is 0.00440. The van der Waals surface area contributed by atoms with Gasteiger partial charge in [0.15, 0.2) is 17.4 Å². The van der Waals surface area contributed by atoms with E-state index in [-0.39, 0.29) is 24.1 Å². The first-order chi connectivity index (χ1) is 20.6. The standard InChI is InChI=1S/C30H37N7O4S/c1-39-18-40-16-19-11-20-17-41-26-24(4-8-33-29(26)37(20)14-19)42-25-13-34-28(23(15-38)35-25)36-9-5-30(6-10-36)12-22-21(27(30)31)3-2-7-32-22/h2-4,7-8,13,19-20,27,38H,5-6,9-12,14-18,31H2,1H3/t19-,20?,27+/m0/s1. The number of nitrogens with zero attached hydrogens (tertiary/aromatic N) is 6. The van der Waals surface area contributed by atoms with E-state index in [1.807, 2.05) is 24.5 Å². The van der Waals surface area contributed by atoms with Crippen LogP contribution in [0.3, 0.4) is 0 Å². The van der Waals surface area contributed by atoms with Crippen molar-refractivity contribution >= 4 is 23.4 Å². The summed E-state index contributed by atoms with van der Waals surface area (Å²) in [6, 6.07) is 6.34. The highest BCUT2D eigenvalue weighted by molar-refractivity contribution is 7.99. The van der Waals surface area contributed by atoms with Gasteiger partial charge in [0.25, 0.3) is 0 Å². The van der Waals surface area contributed by atoms with Crippen LogP contribution in [-0.4, -0.2) is 77.8 Å². The molecule has 4 aliphatic rings. The predicted octanol–water partition coefficient (Wildman–Crippen LogP) is 2.96. The summed E-state index contributed by atoms with van der Waals surface area (Å²) >= 11 is 1.49. The van der Waals surface area contributed by atoms with Crippen molar-refractivity contribution in [1.82, 2.24) is 19.9 Å². The van der Waals surface area contributed by atoms with Gasteiger partial charge in [-0.2, -0.15) is 0 Å². The molecule has 7 rings (SSSR count). The maximum absolute atomic E-state index is 10.3. The quantitative estimate of drug-likeness (QED) is 0.295. The van der Waals surface area contributed by atoms with Gasteiger partial charge < -0.3 is 34.9 Å². The van der Waals surface area contributed by atoms with E-state index in [1.165, 1.54) is 17.3 Å². The Labute approximate surface area is 249 Å². The molecule has 2 fully saturated rings. The first-order valence-electron chi connectivity index (χ1n) is 14.6. The summed E-state index contributed by atoms with van der Waals surface area (Å²) < 4.78 is 16.9. The van der Waals surface area contributed by atoms with Crippen molar-refractivity contribution in [1.29, 1.82) is 0 Å². The fraction of sp³-hybridized carbons (Fsp3) is 0.533. The van der Waals surface area contributed by atoms with E-state index < -0.39 is 0 Å². The molecule has 222 valence electrons. The molecule has 0 saturated carbocycles. The van der Waals surface area contributed by atoms with Gasteiger partial charge in [0, 0.05) is 56.8 Å². The fourth-order valence-corrected chi connectivity index (χ4v) is 7.97. The SMILES string of the molecule is COCOC[C@H]1CC2COc3c(Sc4cnc(N5CCC6(CC5)Cc5ncccc5[C@H]6N)c(CO)n4)ccnc3N2C1. The topological polar surface area (TPSA) is 132 Å². The largest absolute Gasteiger partial charge is 0.486 e. The van der Waals surface area contributed by atoms with E-state index in [0.29, 0.717) is 36.6 Å². The molecule has 42 heavy (non-hydrogen) atoms. The van der Waals surface area contributed by atoms with E-state index in [4.69, 9.17) is 29.9 Å². The van der Waals surface area contributed by atoms with Gasteiger partial charge in [-0.1, -0.05) is 17.8 Å². The Morgan fingerprint density at radius 3 is 2.86 bits per heavy atom. The van der Waals surface area contributed by atoms with E-state index in [9.17, 15) is 5.11 Å². The van der Waals surface area contributed by atoms with Crippen molar-refractivity contribution in [3.05, 3.63) is 53.7 Å². The average molecular weight is 592 g/mol. The monoisotopic (exact) mass is 591 g/mol. The van der Waals surface area contributed by atoms with E-state index in [1.54, 1.807) is 13.3 Å². The van der Waals surface area contributed by atoms with Crippen LogP contribution in [0.1, 0.15) is 42.3 Å². The van der Waals surface area contributed by atoms with Crippen molar-refractivity contribution in [2.45, 2.75) is 54.3 Å². The number of hydrogen-bond donors (Lipinski definition) is 2. The third kappa shape index (κ3) is 4.98. The number of pyridine rings is 2. The van der Waals surface area contributed by atoms with Crippen LogP contribution in [0.15, 0.2) is 46.7 Å². The summed E-state index contributed by atoms with van der Waals surface area (Å²) in [6.07, 6.45) is 9.29. The molecule has 1 unspecified atom stereocenters. The molecule has 3 atom stereocenters. The van der Waals surface area contributed by atoms with Crippen LogP contribution in [0, 0.1) is 11.3 Å². The van der Waals surface area contributed by atoms with Crippen molar-refractivity contribution in [2.24, 2.45) is 17.1 Å². The number of aromatic nitrogens is 4. The Morgan fingerprint density at radius 1 is 1.17 bits per heavy atom. The zero-order chi connectivity index (χ0) is 28.7. The summed E-state index contributed by atoms with van der Waals surface area (Å²) in [5, 5.41) is 11.0. The number of aliphatic hydroxyl groups excluding tert-OH is 1.